The largest absolute Gasteiger partial charge is 0.396 e. The van der Waals surface area contributed by atoms with Crippen molar-refractivity contribution in [3.63, 3.8) is 0 Å². The van der Waals surface area contributed by atoms with Crippen LogP contribution in [0, 0.1) is 16.7 Å². The summed E-state index contributed by atoms with van der Waals surface area (Å²) in [6.07, 6.45) is 1.87. The van der Waals surface area contributed by atoms with Crippen LogP contribution in [-0.4, -0.2) is 75.7 Å². The van der Waals surface area contributed by atoms with E-state index < -0.39 is 11.5 Å². The quantitative estimate of drug-likeness (QED) is 0.552. The second-order valence-electron chi connectivity index (χ2n) is 11.4. The highest BCUT2D eigenvalue weighted by Crippen LogP contribution is 2.63. The van der Waals surface area contributed by atoms with Gasteiger partial charge in [0.25, 0.3) is 0 Å². The van der Waals surface area contributed by atoms with Gasteiger partial charge in [0, 0.05) is 61.4 Å². The number of aliphatic hydroxyl groups is 2. The van der Waals surface area contributed by atoms with E-state index in [1.807, 2.05) is 42.2 Å². The van der Waals surface area contributed by atoms with Gasteiger partial charge in [0.05, 0.1) is 18.4 Å². The van der Waals surface area contributed by atoms with Crippen molar-refractivity contribution < 1.29 is 19.8 Å². The Morgan fingerprint density at radius 1 is 1.14 bits per heavy atom. The summed E-state index contributed by atoms with van der Waals surface area (Å²) in [5, 5.41) is 25.7. The van der Waals surface area contributed by atoms with Crippen LogP contribution >= 0.6 is 11.3 Å². The molecule has 1 aromatic heterocycles. The van der Waals surface area contributed by atoms with E-state index in [0.29, 0.717) is 39.0 Å². The maximum Gasteiger partial charge on any atom is 0.223 e. The van der Waals surface area contributed by atoms with Crippen LogP contribution in [0.1, 0.15) is 56.5 Å². The third-order valence-electron chi connectivity index (χ3n) is 9.38. The first-order chi connectivity index (χ1) is 17.7. The number of carbonyl (C=O) groups is 2. The molecule has 2 fully saturated rings. The molecule has 0 unspecified atom stereocenters. The molecule has 3 aliphatic rings. The van der Waals surface area contributed by atoms with Crippen LogP contribution in [0.3, 0.4) is 0 Å². The smallest absolute Gasteiger partial charge is 0.223 e. The van der Waals surface area contributed by atoms with E-state index >= 15 is 0 Å². The molecular weight excluding hydrogens is 488 g/mol. The summed E-state index contributed by atoms with van der Waals surface area (Å²) in [4.78, 5) is 35.2. The first-order valence-corrected chi connectivity index (χ1v) is 14.1. The fourth-order valence-electron chi connectivity index (χ4n) is 6.92. The number of nitrogens with zero attached hydrogens (tertiary/aromatic N) is 3. The summed E-state index contributed by atoms with van der Waals surface area (Å²) < 4.78 is 0. The number of benzene rings is 1. The molecule has 2 heterocycles. The van der Waals surface area contributed by atoms with Gasteiger partial charge in [-0.1, -0.05) is 32.0 Å². The molecule has 2 aliphatic carbocycles. The third-order valence-corrected chi connectivity index (χ3v) is 10.4. The topological polar surface area (TPSA) is 106 Å². The van der Waals surface area contributed by atoms with Gasteiger partial charge in [0.2, 0.25) is 11.8 Å². The van der Waals surface area contributed by atoms with Gasteiger partial charge < -0.3 is 25.3 Å². The predicted octanol–water partition coefficient (Wildman–Crippen LogP) is 3.38. The standard InChI is InChI=1S/C28H38N4O4S/c1-18(34)31-11-13-32(14-12-31)24(36)15-20-25-21(37-26(30-25)29-19-7-5-4-6-8-19)16-22-27(20,2)10-9-23(35)28(22,3)17-33/h4-8,20,22-23,33,35H,9-17H2,1-3H3,(H,29,30)/t20-,22+,23+,27-,28-/m0/s1. The first-order valence-electron chi connectivity index (χ1n) is 13.3. The maximum atomic E-state index is 13.6. The zero-order chi connectivity index (χ0) is 26.4. The highest BCUT2D eigenvalue weighted by Gasteiger charge is 2.59. The number of rotatable bonds is 5. The van der Waals surface area contributed by atoms with Crippen LogP contribution in [0.25, 0.3) is 0 Å². The summed E-state index contributed by atoms with van der Waals surface area (Å²) in [7, 11) is 0. The minimum Gasteiger partial charge on any atom is -0.396 e. The van der Waals surface area contributed by atoms with Crippen molar-refractivity contribution in [3.05, 3.63) is 40.9 Å². The summed E-state index contributed by atoms with van der Waals surface area (Å²) >= 11 is 1.61. The lowest BCUT2D eigenvalue weighted by atomic mass is 9.47. The van der Waals surface area contributed by atoms with E-state index in [4.69, 9.17) is 4.98 Å². The minimum atomic E-state index is -0.643. The number of fused-ring (bicyclic) bond motifs is 2. The number of hydrogen-bond acceptors (Lipinski definition) is 7. The van der Waals surface area contributed by atoms with E-state index in [1.165, 1.54) is 0 Å². The van der Waals surface area contributed by atoms with E-state index in [2.05, 4.69) is 12.2 Å². The number of hydrogen-bond donors (Lipinski definition) is 3. The highest BCUT2D eigenvalue weighted by atomic mass is 32.1. The lowest BCUT2D eigenvalue weighted by Crippen LogP contribution is -2.58. The van der Waals surface area contributed by atoms with Crippen molar-refractivity contribution in [1.82, 2.24) is 14.8 Å². The van der Waals surface area contributed by atoms with Gasteiger partial charge in [0.1, 0.15) is 0 Å². The van der Waals surface area contributed by atoms with Crippen LogP contribution in [0.5, 0.6) is 0 Å². The molecule has 200 valence electrons. The van der Waals surface area contributed by atoms with Gasteiger partial charge in [-0.05, 0) is 42.7 Å². The molecule has 0 spiro atoms. The van der Waals surface area contributed by atoms with E-state index in [0.717, 1.165) is 34.2 Å². The van der Waals surface area contributed by atoms with Crippen molar-refractivity contribution in [2.24, 2.45) is 16.7 Å². The SMILES string of the molecule is CC(=O)N1CCN(C(=O)C[C@H]2c3nc(Nc4ccccc4)sc3C[C@H]3[C@](C)(CO)[C@H](O)CC[C@]32C)CC1. The fraction of sp³-hybridized carbons (Fsp3) is 0.607. The number of aliphatic hydroxyl groups excluding tert-OH is 2. The summed E-state index contributed by atoms with van der Waals surface area (Å²) in [5.41, 5.74) is 1.02. The number of amides is 2. The number of para-hydroxylation sites is 1. The molecule has 5 atom stereocenters. The first kappa shape index (κ1) is 26.1. The van der Waals surface area contributed by atoms with Crippen molar-refractivity contribution in [2.45, 2.75) is 58.5 Å². The molecule has 1 saturated carbocycles. The fourth-order valence-corrected chi connectivity index (χ4v) is 8.01. The number of carbonyl (C=O) groups excluding carboxylic acids is 2. The molecule has 0 radical (unpaired) electrons. The third kappa shape index (κ3) is 4.66. The lowest BCUT2D eigenvalue weighted by Gasteiger charge is -2.58. The van der Waals surface area contributed by atoms with Gasteiger partial charge in [-0.15, -0.1) is 11.3 Å². The van der Waals surface area contributed by atoms with E-state index in [-0.39, 0.29) is 35.7 Å². The number of piperazine rings is 1. The van der Waals surface area contributed by atoms with Crippen LogP contribution in [0.15, 0.2) is 30.3 Å². The van der Waals surface area contributed by atoms with Crippen LogP contribution in [0.4, 0.5) is 10.8 Å². The second-order valence-corrected chi connectivity index (χ2v) is 12.5. The Balaban J connectivity index is 1.47. The summed E-state index contributed by atoms with van der Waals surface area (Å²) in [5.74, 6) is 0.0481. The van der Waals surface area contributed by atoms with Crippen LogP contribution in [-0.2, 0) is 16.0 Å². The molecule has 2 amide bonds. The Hall–Kier alpha value is -2.49. The van der Waals surface area contributed by atoms with E-state index in [9.17, 15) is 19.8 Å². The predicted molar refractivity (Wildman–Crippen MR) is 144 cm³/mol. The molecule has 2 aromatic rings. The molecule has 0 bridgehead atoms. The minimum absolute atomic E-state index is 0.0265. The highest BCUT2D eigenvalue weighted by molar-refractivity contribution is 7.15. The average molecular weight is 527 g/mol. The zero-order valence-electron chi connectivity index (χ0n) is 21.9. The molecule has 37 heavy (non-hydrogen) atoms. The van der Waals surface area contributed by atoms with Gasteiger partial charge in [-0.25, -0.2) is 4.98 Å². The normalized spacial score (nSPS) is 31.4. The zero-order valence-corrected chi connectivity index (χ0v) is 22.8. The number of anilines is 2. The second kappa shape index (κ2) is 10.0. The Kier molecular flexibility index (Phi) is 7.06. The number of nitrogens with one attached hydrogen (secondary N) is 1. The van der Waals surface area contributed by atoms with Gasteiger partial charge in [-0.3, -0.25) is 9.59 Å². The summed E-state index contributed by atoms with van der Waals surface area (Å²) in [6.45, 7) is 7.92. The Labute approximate surface area is 222 Å². The lowest BCUT2D eigenvalue weighted by molar-refractivity contribution is -0.149. The van der Waals surface area contributed by atoms with Gasteiger partial charge in [-0.2, -0.15) is 0 Å². The number of thiazole rings is 1. The average Bonchev–Trinajstić information content (AvgIpc) is 3.30. The van der Waals surface area contributed by atoms with Crippen LogP contribution in [0.2, 0.25) is 0 Å². The van der Waals surface area contributed by atoms with E-state index in [1.54, 1.807) is 23.2 Å². The molecule has 1 aromatic carbocycles. The molecule has 1 saturated heterocycles. The molecule has 9 heteroatoms. The Morgan fingerprint density at radius 2 is 1.81 bits per heavy atom. The van der Waals surface area contributed by atoms with Crippen LogP contribution < -0.4 is 5.32 Å². The van der Waals surface area contributed by atoms with Crippen molar-refractivity contribution in [3.8, 4) is 0 Å². The monoisotopic (exact) mass is 526 g/mol. The van der Waals surface area contributed by atoms with Crippen molar-refractivity contribution >= 4 is 34.0 Å². The Morgan fingerprint density at radius 3 is 2.46 bits per heavy atom. The Bertz CT molecular complexity index is 1150. The molecule has 5 rings (SSSR count). The van der Waals surface area contributed by atoms with Gasteiger partial charge >= 0.3 is 0 Å². The number of aromatic nitrogens is 1. The molecule has 3 N–H and O–H groups in total. The molecule has 8 nitrogen and oxygen atoms in total. The van der Waals surface area contributed by atoms with Gasteiger partial charge in [0.15, 0.2) is 5.13 Å². The van der Waals surface area contributed by atoms with Crippen molar-refractivity contribution in [2.75, 3.05) is 38.1 Å². The summed E-state index contributed by atoms with van der Waals surface area (Å²) in [6, 6.07) is 9.94. The van der Waals surface area contributed by atoms with Crippen molar-refractivity contribution in [1.29, 1.82) is 0 Å². The molecule has 1 aliphatic heterocycles. The maximum absolute atomic E-state index is 13.6. The molecular formula is C28H38N4O4S.